The van der Waals surface area contributed by atoms with E-state index in [1.807, 2.05) is 6.07 Å². The Kier molecular flexibility index (Phi) is 2.26. The largest absolute Gasteiger partial charge is 0.324 e. The summed E-state index contributed by atoms with van der Waals surface area (Å²) in [5, 5.41) is 8.11. The van der Waals surface area contributed by atoms with Crippen LogP contribution in [0.25, 0.3) is 0 Å². The smallest absolute Gasteiger partial charge is 0.0641 e. The molecular weight excluding hydrogens is 124 g/mol. The first-order valence-corrected chi connectivity index (χ1v) is 2.43. The van der Waals surface area contributed by atoms with Crippen molar-refractivity contribution < 1.29 is 0 Å². The van der Waals surface area contributed by atoms with E-state index in [2.05, 4.69) is 0 Å². The van der Waals surface area contributed by atoms with Gasteiger partial charge in [-0.25, -0.2) is 0 Å². The second-order valence-electron chi connectivity index (χ2n) is 2.20. The molecule has 8 heavy (non-hydrogen) atoms. The molecule has 0 saturated heterocycles. The number of halogens is 1. The van der Waals surface area contributed by atoms with Gasteiger partial charge in [0.2, 0.25) is 0 Å². The van der Waals surface area contributed by atoms with Gasteiger partial charge in [-0.1, -0.05) is 0 Å². The fourth-order valence-electron chi connectivity index (χ4n) is 0.495. The van der Waals surface area contributed by atoms with Crippen LogP contribution in [0, 0.1) is 11.3 Å². The van der Waals surface area contributed by atoms with E-state index in [1.54, 1.807) is 0 Å². The summed E-state index contributed by atoms with van der Waals surface area (Å²) in [6.07, 6.45) is 2.62. The van der Waals surface area contributed by atoms with E-state index in [9.17, 15) is 0 Å². The molecule has 0 atom stereocenters. The van der Waals surface area contributed by atoms with Gasteiger partial charge in [0.1, 0.15) is 0 Å². The van der Waals surface area contributed by atoms with Crippen molar-refractivity contribution in [2.45, 2.75) is 24.8 Å². The molecule has 0 bridgehead atoms. The average Bonchev–Trinajstić information content (AvgIpc) is 2.22. The molecule has 1 fully saturated rings. The third-order valence-electron chi connectivity index (χ3n) is 1.32. The third-order valence-corrected chi connectivity index (χ3v) is 1.32. The summed E-state index contributed by atoms with van der Waals surface area (Å²) < 4.78 is 0. The van der Waals surface area contributed by atoms with Crippen molar-refractivity contribution in [3.05, 3.63) is 0 Å². The maximum atomic E-state index is 8.11. The van der Waals surface area contributed by atoms with E-state index in [-0.39, 0.29) is 17.9 Å². The molecule has 1 saturated carbocycles. The normalized spacial score (nSPS) is 20.5. The molecule has 46 valence electrons. The Hall–Kier alpha value is -0.260. The number of nitrogens with two attached hydrogens (primary N) is 1. The lowest BCUT2D eigenvalue weighted by Gasteiger charge is -1.95. The van der Waals surface area contributed by atoms with Crippen molar-refractivity contribution in [3.63, 3.8) is 0 Å². The van der Waals surface area contributed by atoms with E-state index >= 15 is 0 Å². The van der Waals surface area contributed by atoms with Crippen molar-refractivity contribution >= 4 is 12.4 Å². The summed E-state index contributed by atoms with van der Waals surface area (Å²) in [7, 11) is 0. The van der Waals surface area contributed by atoms with Gasteiger partial charge in [0.15, 0.2) is 0 Å². The molecule has 1 aliphatic carbocycles. The molecule has 0 amide bonds. The summed E-state index contributed by atoms with van der Waals surface area (Å²) in [6.45, 7) is 0. The molecule has 0 radical (unpaired) electrons. The number of nitrogens with zero attached hydrogens (tertiary/aromatic N) is 1. The molecule has 0 spiro atoms. The van der Waals surface area contributed by atoms with Crippen LogP contribution in [0.15, 0.2) is 0 Å². The van der Waals surface area contributed by atoms with Crippen LogP contribution in [0.5, 0.6) is 0 Å². The van der Waals surface area contributed by atoms with Crippen molar-refractivity contribution in [1.29, 1.82) is 5.26 Å². The van der Waals surface area contributed by atoms with Crippen LogP contribution in [0.2, 0.25) is 0 Å². The number of rotatable bonds is 1. The van der Waals surface area contributed by atoms with Crippen LogP contribution in [-0.2, 0) is 0 Å². The number of hydrogen-bond donors (Lipinski definition) is 1. The maximum Gasteiger partial charge on any atom is 0.0641 e. The minimum atomic E-state index is -0.0608. The first-order valence-electron chi connectivity index (χ1n) is 2.43. The molecule has 1 aliphatic rings. The van der Waals surface area contributed by atoms with Gasteiger partial charge in [-0.15, -0.1) is 12.4 Å². The summed E-state index contributed by atoms with van der Waals surface area (Å²) in [5.74, 6) is 0. The van der Waals surface area contributed by atoms with Gasteiger partial charge in [0.05, 0.1) is 12.5 Å². The van der Waals surface area contributed by atoms with Crippen LogP contribution in [0.1, 0.15) is 19.3 Å². The zero-order valence-corrected chi connectivity index (χ0v) is 5.37. The lowest BCUT2D eigenvalue weighted by atomic mass is 10.2. The van der Waals surface area contributed by atoms with Crippen LogP contribution in [0.3, 0.4) is 0 Å². The van der Waals surface area contributed by atoms with Crippen molar-refractivity contribution in [1.82, 2.24) is 0 Å². The molecule has 0 aromatic rings. The Morgan fingerprint density at radius 1 is 1.62 bits per heavy atom. The zero-order chi connectivity index (χ0) is 5.33. The van der Waals surface area contributed by atoms with Gasteiger partial charge in [-0.2, -0.15) is 5.26 Å². The lowest BCUT2D eigenvalue weighted by Crippen LogP contribution is -2.19. The van der Waals surface area contributed by atoms with E-state index in [0.29, 0.717) is 6.42 Å². The summed E-state index contributed by atoms with van der Waals surface area (Å²) >= 11 is 0. The first-order chi connectivity index (χ1) is 3.27. The highest BCUT2D eigenvalue weighted by Gasteiger charge is 2.37. The predicted octanol–water partition coefficient (Wildman–Crippen LogP) is 0.813. The van der Waals surface area contributed by atoms with E-state index < -0.39 is 0 Å². The number of nitriles is 1. The summed E-state index contributed by atoms with van der Waals surface area (Å²) in [5.41, 5.74) is 5.47. The Bertz CT molecular complexity index is 112. The molecule has 0 aliphatic heterocycles. The van der Waals surface area contributed by atoms with Crippen LogP contribution >= 0.6 is 12.4 Å². The third kappa shape index (κ3) is 1.69. The van der Waals surface area contributed by atoms with Crippen molar-refractivity contribution in [2.75, 3.05) is 0 Å². The fraction of sp³-hybridized carbons (Fsp3) is 0.800. The first kappa shape index (κ1) is 7.74. The van der Waals surface area contributed by atoms with Crippen molar-refractivity contribution in [3.8, 4) is 6.07 Å². The van der Waals surface area contributed by atoms with Gasteiger partial charge >= 0.3 is 0 Å². The summed E-state index contributed by atoms with van der Waals surface area (Å²) in [4.78, 5) is 0. The van der Waals surface area contributed by atoms with E-state index in [0.717, 1.165) is 12.8 Å². The average molecular weight is 133 g/mol. The minimum absolute atomic E-state index is 0. The molecule has 0 heterocycles. The molecule has 2 N–H and O–H groups in total. The standard InChI is InChI=1S/C5H8N2.ClH/c6-4-3-5(7)1-2-5;/h1-3,7H2;1H. The van der Waals surface area contributed by atoms with E-state index in [1.165, 1.54) is 0 Å². The predicted molar refractivity (Wildman–Crippen MR) is 33.6 cm³/mol. The van der Waals surface area contributed by atoms with Gasteiger partial charge in [0.25, 0.3) is 0 Å². The quantitative estimate of drug-likeness (QED) is 0.574. The van der Waals surface area contributed by atoms with Crippen molar-refractivity contribution in [2.24, 2.45) is 5.73 Å². The maximum absolute atomic E-state index is 8.11. The monoisotopic (exact) mass is 132 g/mol. The SMILES string of the molecule is Cl.N#CCC1(N)CC1. The van der Waals surface area contributed by atoms with E-state index in [4.69, 9.17) is 11.0 Å². The molecule has 0 aromatic carbocycles. The van der Waals surface area contributed by atoms with Crippen LogP contribution in [0.4, 0.5) is 0 Å². The molecule has 2 nitrogen and oxygen atoms in total. The number of hydrogen-bond acceptors (Lipinski definition) is 2. The fourth-order valence-corrected chi connectivity index (χ4v) is 0.495. The molecule has 0 unspecified atom stereocenters. The topological polar surface area (TPSA) is 49.8 Å². The lowest BCUT2D eigenvalue weighted by molar-refractivity contribution is 0.696. The Morgan fingerprint density at radius 3 is 2.25 bits per heavy atom. The van der Waals surface area contributed by atoms with Gasteiger partial charge < -0.3 is 5.73 Å². The summed E-state index contributed by atoms with van der Waals surface area (Å²) in [6, 6.07) is 2.05. The van der Waals surface area contributed by atoms with Crippen LogP contribution < -0.4 is 5.73 Å². The van der Waals surface area contributed by atoms with Gasteiger partial charge in [-0.05, 0) is 12.8 Å². The Labute approximate surface area is 55.1 Å². The van der Waals surface area contributed by atoms with Gasteiger partial charge in [-0.3, -0.25) is 0 Å². The highest BCUT2D eigenvalue weighted by molar-refractivity contribution is 5.85. The van der Waals surface area contributed by atoms with Crippen LogP contribution in [-0.4, -0.2) is 5.54 Å². The zero-order valence-electron chi connectivity index (χ0n) is 4.55. The second-order valence-corrected chi connectivity index (χ2v) is 2.20. The Balaban J connectivity index is 0.000000490. The molecule has 0 aromatic heterocycles. The minimum Gasteiger partial charge on any atom is -0.324 e. The molecular formula is C5H9ClN2. The molecule has 1 rings (SSSR count). The highest BCUT2D eigenvalue weighted by Crippen LogP contribution is 2.34. The second kappa shape index (κ2) is 2.34. The van der Waals surface area contributed by atoms with Gasteiger partial charge in [0, 0.05) is 5.54 Å². The molecule has 3 heteroatoms. The Morgan fingerprint density at radius 2 is 2.12 bits per heavy atom. The highest BCUT2D eigenvalue weighted by atomic mass is 35.5.